The van der Waals surface area contributed by atoms with E-state index < -0.39 is 0 Å². The molecule has 68 valence electrons. The van der Waals surface area contributed by atoms with Crippen molar-refractivity contribution in [3.05, 3.63) is 36.3 Å². The van der Waals surface area contributed by atoms with Gasteiger partial charge in [-0.25, -0.2) is 4.98 Å². The number of pyridine rings is 2. The van der Waals surface area contributed by atoms with Gasteiger partial charge in [0.25, 0.3) is 0 Å². The van der Waals surface area contributed by atoms with Crippen molar-refractivity contribution in [3.8, 4) is 0 Å². The standard InChI is InChI=1S/C11H8N2S/c1-7-10-8-3-2-5-13-11(8)14-9(10)4-6-12-7/h2-6H,1H3. The highest BCUT2D eigenvalue weighted by Gasteiger charge is 2.07. The van der Waals surface area contributed by atoms with Crippen LogP contribution in [0, 0.1) is 6.92 Å². The maximum Gasteiger partial charge on any atom is 0.124 e. The van der Waals surface area contributed by atoms with Crippen molar-refractivity contribution in [2.24, 2.45) is 0 Å². The van der Waals surface area contributed by atoms with Crippen molar-refractivity contribution >= 4 is 31.6 Å². The summed E-state index contributed by atoms with van der Waals surface area (Å²) in [6.45, 7) is 2.04. The third-order valence-electron chi connectivity index (χ3n) is 2.35. The van der Waals surface area contributed by atoms with E-state index in [1.165, 1.54) is 15.5 Å². The fourth-order valence-electron chi connectivity index (χ4n) is 1.72. The fourth-order valence-corrected chi connectivity index (χ4v) is 2.81. The van der Waals surface area contributed by atoms with Crippen molar-refractivity contribution in [2.45, 2.75) is 6.92 Å². The Morgan fingerprint density at radius 1 is 1.14 bits per heavy atom. The van der Waals surface area contributed by atoms with Crippen LogP contribution >= 0.6 is 11.3 Å². The van der Waals surface area contributed by atoms with Crippen LogP contribution in [0.25, 0.3) is 20.3 Å². The largest absolute Gasteiger partial charge is 0.261 e. The van der Waals surface area contributed by atoms with Crippen LogP contribution < -0.4 is 0 Å². The average molecular weight is 200 g/mol. The van der Waals surface area contributed by atoms with Crippen LogP contribution in [0.2, 0.25) is 0 Å². The van der Waals surface area contributed by atoms with Gasteiger partial charge in [0, 0.05) is 33.6 Å². The number of aryl methyl sites for hydroxylation is 1. The van der Waals surface area contributed by atoms with Gasteiger partial charge in [-0.15, -0.1) is 11.3 Å². The highest BCUT2D eigenvalue weighted by Crippen LogP contribution is 2.32. The highest BCUT2D eigenvalue weighted by molar-refractivity contribution is 7.25. The molecular weight excluding hydrogens is 192 g/mol. The summed E-state index contributed by atoms with van der Waals surface area (Å²) in [6, 6.07) is 6.13. The fraction of sp³-hybridized carbons (Fsp3) is 0.0909. The van der Waals surface area contributed by atoms with E-state index in [0.717, 1.165) is 10.5 Å². The molecule has 3 rings (SSSR count). The molecule has 0 amide bonds. The Labute approximate surface area is 85.2 Å². The summed E-state index contributed by atoms with van der Waals surface area (Å²) in [6.07, 6.45) is 3.69. The Balaban J connectivity index is 2.65. The molecule has 0 N–H and O–H groups in total. The summed E-state index contributed by atoms with van der Waals surface area (Å²) < 4.78 is 1.27. The van der Waals surface area contributed by atoms with E-state index in [-0.39, 0.29) is 0 Å². The number of aromatic nitrogens is 2. The minimum absolute atomic E-state index is 1.08. The van der Waals surface area contributed by atoms with E-state index in [4.69, 9.17) is 0 Å². The lowest BCUT2D eigenvalue weighted by atomic mass is 10.2. The first-order valence-electron chi connectivity index (χ1n) is 4.45. The van der Waals surface area contributed by atoms with Gasteiger partial charge in [0.05, 0.1) is 0 Å². The van der Waals surface area contributed by atoms with Gasteiger partial charge in [-0.1, -0.05) is 0 Å². The molecule has 3 aromatic heterocycles. The second kappa shape index (κ2) is 2.75. The molecular formula is C11H8N2S. The lowest BCUT2D eigenvalue weighted by molar-refractivity contribution is 1.24. The van der Waals surface area contributed by atoms with Gasteiger partial charge in [0.1, 0.15) is 4.83 Å². The maximum atomic E-state index is 4.35. The Morgan fingerprint density at radius 2 is 2.07 bits per heavy atom. The van der Waals surface area contributed by atoms with Crippen LogP contribution in [0.15, 0.2) is 30.6 Å². The number of hydrogen-bond acceptors (Lipinski definition) is 3. The number of fused-ring (bicyclic) bond motifs is 3. The zero-order valence-electron chi connectivity index (χ0n) is 7.69. The van der Waals surface area contributed by atoms with E-state index in [1.54, 1.807) is 11.3 Å². The number of hydrogen-bond donors (Lipinski definition) is 0. The molecule has 3 aromatic rings. The maximum absolute atomic E-state index is 4.35. The molecule has 14 heavy (non-hydrogen) atoms. The second-order valence-corrected chi connectivity index (χ2v) is 4.26. The van der Waals surface area contributed by atoms with Gasteiger partial charge >= 0.3 is 0 Å². The zero-order valence-corrected chi connectivity index (χ0v) is 8.51. The Hall–Kier alpha value is -1.48. The molecule has 0 spiro atoms. The van der Waals surface area contributed by atoms with E-state index in [0.29, 0.717) is 0 Å². The van der Waals surface area contributed by atoms with Crippen LogP contribution in [0.4, 0.5) is 0 Å². The van der Waals surface area contributed by atoms with Crippen LogP contribution in [0.1, 0.15) is 5.69 Å². The molecule has 0 aromatic carbocycles. The molecule has 3 heteroatoms. The predicted octanol–water partition coefficient (Wildman–Crippen LogP) is 3.15. The quantitative estimate of drug-likeness (QED) is 0.557. The molecule has 0 unspecified atom stereocenters. The first kappa shape index (κ1) is 7.88. The third kappa shape index (κ3) is 0.960. The lowest BCUT2D eigenvalue weighted by Gasteiger charge is -1.94. The smallest absolute Gasteiger partial charge is 0.124 e. The molecule has 0 aliphatic heterocycles. The molecule has 0 radical (unpaired) electrons. The molecule has 3 heterocycles. The first-order valence-corrected chi connectivity index (χ1v) is 5.27. The van der Waals surface area contributed by atoms with Crippen molar-refractivity contribution in [1.29, 1.82) is 0 Å². The molecule has 2 nitrogen and oxygen atoms in total. The van der Waals surface area contributed by atoms with Gasteiger partial charge in [0.2, 0.25) is 0 Å². The van der Waals surface area contributed by atoms with Gasteiger partial charge in [-0.05, 0) is 25.1 Å². The molecule has 0 bridgehead atoms. The normalized spacial score (nSPS) is 11.2. The number of nitrogens with zero attached hydrogens (tertiary/aromatic N) is 2. The Kier molecular flexibility index (Phi) is 1.55. The number of thiophene rings is 1. The molecule has 0 saturated heterocycles. The molecule has 0 atom stereocenters. The van der Waals surface area contributed by atoms with Crippen LogP contribution in [-0.4, -0.2) is 9.97 Å². The Bertz CT molecular complexity index is 613. The van der Waals surface area contributed by atoms with Crippen LogP contribution in [0.5, 0.6) is 0 Å². The lowest BCUT2D eigenvalue weighted by Crippen LogP contribution is -1.79. The van der Waals surface area contributed by atoms with E-state index >= 15 is 0 Å². The third-order valence-corrected chi connectivity index (χ3v) is 3.43. The number of rotatable bonds is 0. The molecule has 0 fully saturated rings. The Morgan fingerprint density at radius 3 is 3.00 bits per heavy atom. The van der Waals surface area contributed by atoms with Gasteiger partial charge in [-0.2, -0.15) is 0 Å². The summed E-state index contributed by atoms with van der Waals surface area (Å²) in [5, 5.41) is 2.47. The van der Waals surface area contributed by atoms with Crippen LogP contribution in [0.3, 0.4) is 0 Å². The first-order chi connectivity index (χ1) is 6.86. The zero-order chi connectivity index (χ0) is 9.54. The van der Waals surface area contributed by atoms with Crippen molar-refractivity contribution in [2.75, 3.05) is 0 Å². The van der Waals surface area contributed by atoms with Gasteiger partial charge in [-0.3, -0.25) is 4.98 Å². The second-order valence-electron chi connectivity index (χ2n) is 3.23. The van der Waals surface area contributed by atoms with Crippen molar-refractivity contribution in [3.63, 3.8) is 0 Å². The van der Waals surface area contributed by atoms with Gasteiger partial charge in [0.15, 0.2) is 0 Å². The summed E-state index contributed by atoms with van der Waals surface area (Å²) in [5.41, 5.74) is 1.08. The van der Waals surface area contributed by atoms with E-state index in [9.17, 15) is 0 Å². The van der Waals surface area contributed by atoms with E-state index in [2.05, 4.69) is 22.1 Å². The molecule has 0 saturated carbocycles. The van der Waals surface area contributed by atoms with E-state index in [1.807, 2.05) is 25.4 Å². The minimum atomic E-state index is 1.08. The van der Waals surface area contributed by atoms with Crippen molar-refractivity contribution < 1.29 is 0 Å². The predicted molar refractivity (Wildman–Crippen MR) is 59.7 cm³/mol. The van der Waals surface area contributed by atoms with Crippen LogP contribution in [-0.2, 0) is 0 Å². The molecule has 0 aliphatic rings. The minimum Gasteiger partial charge on any atom is -0.261 e. The summed E-state index contributed by atoms with van der Waals surface area (Å²) >= 11 is 1.72. The van der Waals surface area contributed by atoms with Gasteiger partial charge < -0.3 is 0 Å². The summed E-state index contributed by atoms with van der Waals surface area (Å²) in [7, 11) is 0. The van der Waals surface area contributed by atoms with Crippen molar-refractivity contribution in [1.82, 2.24) is 9.97 Å². The highest BCUT2D eigenvalue weighted by atomic mass is 32.1. The molecule has 0 aliphatic carbocycles. The summed E-state index contributed by atoms with van der Waals surface area (Å²) in [5.74, 6) is 0. The topological polar surface area (TPSA) is 25.8 Å². The summed E-state index contributed by atoms with van der Waals surface area (Å²) in [4.78, 5) is 9.75. The average Bonchev–Trinajstić information content (AvgIpc) is 2.57. The SMILES string of the molecule is Cc1nccc2sc3ncccc3c12. The monoisotopic (exact) mass is 200 g/mol.